The quantitative estimate of drug-likeness (QED) is 0.713. The number of rotatable bonds is 7. The smallest absolute Gasteiger partial charge is 0.0615 e. The molecule has 106 valence electrons. The van der Waals surface area contributed by atoms with E-state index in [9.17, 15) is 5.11 Å². The van der Waals surface area contributed by atoms with Crippen LogP contribution in [0.4, 0.5) is 0 Å². The summed E-state index contributed by atoms with van der Waals surface area (Å²) in [6.45, 7) is 3.25. The standard InChI is InChI=1S/C14H28N2O2/c1-11(9-18-3)16(2)13-6-7-14(8-13,10-17)15-12-4-5-12/h11-13,15,17H,4-10H2,1-3H3. The molecule has 0 aliphatic heterocycles. The maximum atomic E-state index is 9.73. The predicted molar refractivity (Wildman–Crippen MR) is 72.7 cm³/mol. The lowest BCUT2D eigenvalue weighted by molar-refractivity contribution is 0.0833. The molecule has 0 radical (unpaired) electrons. The van der Waals surface area contributed by atoms with Crippen LogP contribution in [0.1, 0.15) is 39.0 Å². The van der Waals surface area contributed by atoms with Gasteiger partial charge in [0.05, 0.1) is 13.2 Å². The van der Waals surface area contributed by atoms with Crippen LogP contribution >= 0.6 is 0 Å². The number of aliphatic hydroxyl groups excluding tert-OH is 1. The Labute approximate surface area is 111 Å². The molecule has 18 heavy (non-hydrogen) atoms. The Balaban J connectivity index is 1.88. The van der Waals surface area contributed by atoms with E-state index < -0.39 is 0 Å². The molecule has 0 aromatic carbocycles. The van der Waals surface area contributed by atoms with Crippen LogP contribution < -0.4 is 5.32 Å². The second-order valence-electron chi connectivity index (χ2n) is 6.22. The first-order chi connectivity index (χ1) is 8.60. The maximum Gasteiger partial charge on any atom is 0.0615 e. The summed E-state index contributed by atoms with van der Waals surface area (Å²) in [5.41, 5.74) is -0.0209. The molecule has 3 atom stereocenters. The van der Waals surface area contributed by atoms with Gasteiger partial charge in [-0.05, 0) is 46.1 Å². The zero-order valence-corrected chi connectivity index (χ0v) is 12.0. The van der Waals surface area contributed by atoms with Crippen molar-refractivity contribution in [3.05, 3.63) is 0 Å². The van der Waals surface area contributed by atoms with Gasteiger partial charge in [-0.25, -0.2) is 0 Å². The molecule has 3 unspecified atom stereocenters. The third-order valence-electron chi connectivity index (χ3n) is 4.65. The SMILES string of the molecule is COCC(C)N(C)C1CCC(CO)(NC2CC2)C1. The summed E-state index contributed by atoms with van der Waals surface area (Å²) >= 11 is 0. The van der Waals surface area contributed by atoms with Crippen LogP contribution in [-0.2, 0) is 4.74 Å². The number of nitrogens with one attached hydrogen (secondary N) is 1. The highest BCUT2D eigenvalue weighted by atomic mass is 16.5. The first-order valence-electron chi connectivity index (χ1n) is 7.19. The summed E-state index contributed by atoms with van der Waals surface area (Å²) < 4.78 is 5.23. The van der Waals surface area contributed by atoms with E-state index in [0.717, 1.165) is 19.4 Å². The minimum Gasteiger partial charge on any atom is -0.394 e. The second-order valence-corrected chi connectivity index (χ2v) is 6.22. The summed E-state index contributed by atoms with van der Waals surface area (Å²) in [6.07, 6.45) is 5.88. The monoisotopic (exact) mass is 256 g/mol. The molecule has 2 rings (SSSR count). The molecule has 0 spiro atoms. The molecule has 0 amide bonds. The Morgan fingerprint density at radius 3 is 2.72 bits per heavy atom. The van der Waals surface area contributed by atoms with Crippen LogP contribution in [0.25, 0.3) is 0 Å². The molecule has 0 bridgehead atoms. The Bertz CT molecular complexity index is 271. The lowest BCUT2D eigenvalue weighted by Crippen LogP contribution is -2.49. The van der Waals surface area contributed by atoms with Gasteiger partial charge >= 0.3 is 0 Å². The molecule has 0 heterocycles. The summed E-state index contributed by atoms with van der Waals surface area (Å²) in [6, 6.07) is 1.67. The van der Waals surface area contributed by atoms with Crippen LogP contribution in [0.2, 0.25) is 0 Å². The van der Waals surface area contributed by atoms with Gasteiger partial charge in [0, 0.05) is 30.8 Å². The molecule has 4 heteroatoms. The van der Waals surface area contributed by atoms with Gasteiger partial charge in [0.2, 0.25) is 0 Å². The number of nitrogens with zero attached hydrogens (tertiary/aromatic N) is 1. The average molecular weight is 256 g/mol. The lowest BCUT2D eigenvalue weighted by atomic mass is 9.98. The summed E-state index contributed by atoms with van der Waals surface area (Å²) in [7, 11) is 3.94. The van der Waals surface area contributed by atoms with E-state index in [2.05, 4.69) is 24.2 Å². The largest absolute Gasteiger partial charge is 0.394 e. The van der Waals surface area contributed by atoms with E-state index in [0.29, 0.717) is 18.1 Å². The van der Waals surface area contributed by atoms with Gasteiger partial charge in [-0.15, -0.1) is 0 Å². The topological polar surface area (TPSA) is 44.7 Å². The third-order valence-corrected chi connectivity index (χ3v) is 4.65. The third kappa shape index (κ3) is 3.23. The minimum absolute atomic E-state index is 0.0209. The van der Waals surface area contributed by atoms with Crippen molar-refractivity contribution < 1.29 is 9.84 Å². The van der Waals surface area contributed by atoms with Crippen LogP contribution in [-0.4, -0.2) is 61.0 Å². The van der Waals surface area contributed by atoms with Gasteiger partial charge in [0.1, 0.15) is 0 Å². The number of hydrogen-bond donors (Lipinski definition) is 2. The fraction of sp³-hybridized carbons (Fsp3) is 1.00. The fourth-order valence-electron chi connectivity index (χ4n) is 3.15. The van der Waals surface area contributed by atoms with Gasteiger partial charge in [-0.1, -0.05) is 0 Å². The zero-order valence-electron chi connectivity index (χ0n) is 12.0. The van der Waals surface area contributed by atoms with Crippen molar-refractivity contribution in [1.29, 1.82) is 0 Å². The number of ether oxygens (including phenoxy) is 1. The first kappa shape index (κ1) is 14.3. The molecule has 0 saturated heterocycles. The van der Waals surface area contributed by atoms with Crippen LogP contribution in [0.15, 0.2) is 0 Å². The molecule has 0 aromatic heterocycles. The molecular formula is C14H28N2O2. The van der Waals surface area contributed by atoms with Gasteiger partial charge in [0.15, 0.2) is 0 Å². The molecular weight excluding hydrogens is 228 g/mol. The number of aliphatic hydroxyl groups is 1. The highest BCUT2D eigenvalue weighted by Crippen LogP contribution is 2.36. The van der Waals surface area contributed by atoms with Crippen LogP contribution in [0.5, 0.6) is 0 Å². The summed E-state index contributed by atoms with van der Waals surface area (Å²) in [5, 5.41) is 13.4. The Kier molecular flexibility index (Phi) is 4.64. The normalized spacial score (nSPS) is 34.2. The van der Waals surface area contributed by atoms with E-state index in [-0.39, 0.29) is 12.1 Å². The van der Waals surface area contributed by atoms with Crippen molar-refractivity contribution in [2.75, 3.05) is 27.4 Å². The second kappa shape index (κ2) is 5.87. The zero-order chi connectivity index (χ0) is 13.2. The number of hydrogen-bond acceptors (Lipinski definition) is 4. The van der Waals surface area contributed by atoms with E-state index in [4.69, 9.17) is 4.74 Å². The molecule has 2 aliphatic carbocycles. The van der Waals surface area contributed by atoms with Gasteiger partial charge in [0.25, 0.3) is 0 Å². The lowest BCUT2D eigenvalue weighted by Gasteiger charge is -2.33. The van der Waals surface area contributed by atoms with Crippen molar-refractivity contribution in [3.8, 4) is 0 Å². The number of methoxy groups -OCH3 is 1. The van der Waals surface area contributed by atoms with Crippen LogP contribution in [0, 0.1) is 0 Å². The van der Waals surface area contributed by atoms with Gasteiger partial charge in [-0.2, -0.15) is 0 Å². The number of likely N-dealkylation sites (N-methyl/N-ethyl adjacent to an activating group) is 1. The average Bonchev–Trinajstić information content (AvgIpc) is 3.06. The maximum absolute atomic E-state index is 9.73. The molecule has 0 aromatic rings. The van der Waals surface area contributed by atoms with Crippen LogP contribution in [0.3, 0.4) is 0 Å². The Morgan fingerprint density at radius 2 is 2.17 bits per heavy atom. The minimum atomic E-state index is -0.0209. The van der Waals surface area contributed by atoms with E-state index in [1.54, 1.807) is 7.11 Å². The van der Waals surface area contributed by atoms with Crippen molar-refractivity contribution in [1.82, 2.24) is 10.2 Å². The molecule has 2 N–H and O–H groups in total. The first-order valence-corrected chi connectivity index (χ1v) is 7.19. The van der Waals surface area contributed by atoms with E-state index in [1.165, 1.54) is 19.3 Å². The van der Waals surface area contributed by atoms with Crippen molar-refractivity contribution in [2.45, 2.75) is 62.7 Å². The Hall–Kier alpha value is -0.160. The van der Waals surface area contributed by atoms with Crippen molar-refractivity contribution >= 4 is 0 Å². The Morgan fingerprint density at radius 1 is 1.44 bits per heavy atom. The molecule has 2 aliphatic rings. The summed E-state index contributed by atoms with van der Waals surface area (Å²) in [4.78, 5) is 2.41. The van der Waals surface area contributed by atoms with E-state index in [1.807, 2.05) is 0 Å². The van der Waals surface area contributed by atoms with Gasteiger partial charge in [-0.3, -0.25) is 4.90 Å². The fourth-order valence-corrected chi connectivity index (χ4v) is 3.15. The highest BCUT2D eigenvalue weighted by Gasteiger charge is 2.43. The molecule has 2 fully saturated rings. The van der Waals surface area contributed by atoms with Crippen molar-refractivity contribution in [3.63, 3.8) is 0 Å². The van der Waals surface area contributed by atoms with Crippen molar-refractivity contribution in [2.24, 2.45) is 0 Å². The molecule has 4 nitrogen and oxygen atoms in total. The van der Waals surface area contributed by atoms with Gasteiger partial charge < -0.3 is 15.2 Å². The predicted octanol–water partition coefficient (Wildman–Crippen LogP) is 0.989. The highest BCUT2D eigenvalue weighted by molar-refractivity contribution is 5.03. The van der Waals surface area contributed by atoms with E-state index >= 15 is 0 Å². The summed E-state index contributed by atoms with van der Waals surface area (Å²) in [5.74, 6) is 0. The molecule has 2 saturated carbocycles.